The van der Waals surface area contributed by atoms with Crippen LogP contribution in [-0.4, -0.2) is 23.7 Å². The molecule has 1 aromatic heterocycles. The lowest BCUT2D eigenvalue weighted by Crippen LogP contribution is -2.42. The summed E-state index contributed by atoms with van der Waals surface area (Å²) in [5.41, 5.74) is -0.328. The molecule has 1 atom stereocenters. The summed E-state index contributed by atoms with van der Waals surface area (Å²) < 4.78 is 6.05. The van der Waals surface area contributed by atoms with Crippen LogP contribution in [0.2, 0.25) is 0 Å². The number of nitriles is 1. The third-order valence-corrected chi connectivity index (χ3v) is 2.25. The van der Waals surface area contributed by atoms with E-state index in [0.717, 1.165) is 6.08 Å². The second-order valence-corrected chi connectivity index (χ2v) is 3.52. The molecule has 0 aliphatic heterocycles. The van der Waals surface area contributed by atoms with Crippen LogP contribution in [-0.2, 0) is 14.3 Å². The van der Waals surface area contributed by atoms with Crippen molar-refractivity contribution in [1.82, 2.24) is 0 Å². The van der Waals surface area contributed by atoms with Gasteiger partial charge in [0.2, 0.25) is 0 Å². The van der Waals surface area contributed by atoms with Crippen molar-refractivity contribution in [2.24, 2.45) is 0 Å². The fourth-order valence-corrected chi connectivity index (χ4v) is 1.40. The largest absolute Gasteiger partial charge is 0.476 e. The number of esters is 1. The zero-order valence-electron chi connectivity index (χ0n) is 10.3. The molecule has 0 fully saturated rings. The van der Waals surface area contributed by atoms with Crippen molar-refractivity contribution in [2.75, 3.05) is 6.61 Å². The Kier molecular flexibility index (Phi) is 5.23. The van der Waals surface area contributed by atoms with Gasteiger partial charge >= 0.3 is 11.9 Å². The molecule has 0 aliphatic carbocycles. The highest BCUT2D eigenvalue weighted by Crippen LogP contribution is 2.06. The van der Waals surface area contributed by atoms with Crippen molar-refractivity contribution < 1.29 is 24.0 Å². The van der Waals surface area contributed by atoms with Crippen LogP contribution in [0.25, 0.3) is 0 Å². The van der Waals surface area contributed by atoms with E-state index < -0.39 is 18.0 Å². The summed E-state index contributed by atoms with van der Waals surface area (Å²) in [7, 11) is 0. The lowest BCUT2D eigenvalue weighted by atomic mass is 10.1. The maximum Gasteiger partial charge on any atom is 0.377 e. The van der Waals surface area contributed by atoms with Crippen LogP contribution < -0.4 is 4.57 Å². The van der Waals surface area contributed by atoms with Crippen molar-refractivity contribution >= 4 is 11.9 Å². The predicted octanol–water partition coefficient (Wildman–Crippen LogP) is 0.613. The molecule has 0 radical (unpaired) electrons. The van der Waals surface area contributed by atoms with E-state index in [2.05, 4.69) is 4.74 Å². The van der Waals surface area contributed by atoms with E-state index >= 15 is 0 Å². The molecular formula is C13H13N2O4+. The summed E-state index contributed by atoms with van der Waals surface area (Å²) in [6, 6.07) is 5.55. The fraction of sp³-hybridized carbons (Fsp3) is 0.231. The molecule has 1 heterocycles. The summed E-state index contributed by atoms with van der Waals surface area (Å²) in [5, 5.41) is 18.0. The molecular weight excluding hydrogens is 248 g/mol. The number of carbonyl (C=O) groups excluding carboxylic acids is 1. The van der Waals surface area contributed by atoms with Crippen LogP contribution >= 0.6 is 0 Å². The Labute approximate surface area is 110 Å². The van der Waals surface area contributed by atoms with Gasteiger partial charge in [0.05, 0.1) is 6.61 Å². The van der Waals surface area contributed by atoms with Crippen molar-refractivity contribution in [3.8, 4) is 6.07 Å². The number of hydrogen-bond donors (Lipinski definition) is 1. The summed E-state index contributed by atoms with van der Waals surface area (Å²) in [5.74, 6) is -2.00. The van der Waals surface area contributed by atoms with Crippen LogP contribution in [0.1, 0.15) is 13.0 Å². The molecule has 0 spiro atoms. The van der Waals surface area contributed by atoms with Gasteiger partial charge in [-0.25, -0.2) is 9.59 Å². The van der Waals surface area contributed by atoms with Crippen molar-refractivity contribution in [2.45, 2.75) is 13.0 Å². The first-order valence-electron chi connectivity index (χ1n) is 5.57. The van der Waals surface area contributed by atoms with E-state index in [9.17, 15) is 9.59 Å². The fourth-order valence-electron chi connectivity index (χ4n) is 1.40. The number of carbonyl (C=O) groups is 2. The number of carboxylic acids is 1. The van der Waals surface area contributed by atoms with Crippen LogP contribution in [0.15, 0.2) is 42.2 Å². The average Bonchev–Trinajstić information content (AvgIpc) is 2.40. The van der Waals surface area contributed by atoms with Crippen LogP contribution in [0.4, 0.5) is 0 Å². The zero-order chi connectivity index (χ0) is 14.3. The minimum atomic E-state index is -1.17. The predicted molar refractivity (Wildman–Crippen MR) is 63.6 cm³/mol. The maximum absolute atomic E-state index is 11.4. The number of carboxylic acid groups (broad SMARTS) is 1. The van der Waals surface area contributed by atoms with Crippen molar-refractivity contribution in [3.05, 3.63) is 42.2 Å². The van der Waals surface area contributed by atoms with E-state index in [1.807, 2.05) is 0 Å². The molecule has 6 nitrogen and oxygen atoms in total. The first kappa shape index (κ1) is 14.4. The molecule has 19 heavy (non-hydrogen) atoms. The third kappa shape index (κ3) is 3.92. The van der Waals surface area contributed by atoms with Gasteiger partial charge in [0, 0.05) is 18.2 Å². The average molecular weight is 261 g/mol. The van der Waals surface area contributed by atoms with Gasteiger partial charge in [0.15, 0.2) is 12.4 Å². The van der Waals surface area contributed by atoms with E-state index in [1.54, 1.807) is 31.2 Å². The normalized spacial score (nSPS) is 12.3. The quantitative estimate of drug-likeness (QED) is 0.363. The van der Waals surface area contributed by atoms with Gasteiger partial charge < -0.3 is 9.84 Å². The van der Waals surface area contributed by atoms with E-state index in [4.69, 9.17) is 10.4 Å². The Morgan fingerprint density at radius 3 is 2.53 bits per heavy atom. The van der Waals surface area contributed by atoms with Gasteiger partial charge in [-0.3, -0.25) is 0 Å². The van der Waals surface area contributed by atoms with E-state index in [1.165, 1.54) is 17.0 Å². The first-order valence-corrected chi connectivity index (χ1v) is 5.57. The summed E-state index contributed by atoms with van der Waals surface area (Å²) >= 11 is 0. The molecule has 0 saturated heterocycles. The number of aliphatic carboxylic acids is 1. The number of rotatable bonds is 5. The van der Waals surface area contributed by atoms with Gasteiger partial charge in [-0.2, -0.15) is 9.83 Å². The number of nitrogens with zero attached hydrogens (tertiary/aromatic N) is 2. The minimum absolute atomic E-state index is 0.119. The standard InChI is InChI=1S/C13H12N2O4/c1-2-19-13(18)10(9-14)8-11(12(16)17)15-6-4-3-5-7-15/h3-8,11H,2H2,1H3/p+1/b10-8+/t11-/m0/s1. The van der Waals surface area contributed by atoms with Gasteiger partial charge in [0.1, 0.15) is 11.6 Å². The Hall–Kier alpha value is -2.68. The molecule has 0 unspecified atom stereocenters. The number of pyridine rings is 1. The molecule has 0 aromatic carbocycles. The second kappa shape index (κ2) is 6.91. The summed E-state index contributed by atoms with van der Waals surface area (Å²) in [4.78, 5) is 22.7. The number of ether oxygens (including phenoxy) is 1. The first-order chi connectivity index (χ1) is 9.10. The summed E-state index contributed by atoms with van der Waals surface area (Å²) in [6.45, 7) is 1.72. The van der Waals surface area contributed by atoms with E-state index in [-0.39, 0.29) is 12.2 Å². The molecule has 0 bridgehead atoms. The highest BCUT2D eigenvalue weighted by molar-refractivity contribution is 5.93. The number of aromatic nitrogens is 1. The minimum Gasteiger partial charge on any atom is -0.476 e. The topological polar surface area (TPSA) is 91.3 Å². The molecule has 98 valence electrons. The van der Waals surface area contributed by atoms with Crippen LogP contribution in [0, 0.1) is 11.3 Å². The molecule has 1 N–H and O–H groups in total. The van der Waals surface area contributed by atoms with Crippen LogP contribution in [0.5, 0.6) is 0 Å². The third-order valence-electron chi connectivity index (χ3n) is 2.25. The molecule has 1 rings (SSSR count). The van der Waals surface area contributed by atoms with Gasteiger partial charge in [-0.05, 0) is 6.92 Å². The molecule has 0 saturated carbocycles. The van der Waals surface area contributed by atoms with E-state index in [0.29, 0.717) is 0 Å². The molecule has 0 amide bonds. The molecule has 6 heteroatoms. The smallest absolute Gasteiger partial charge is 0.377 e. The SMILES string of the molecule is CCOC(=O)/C(C#N)=C/[C@@H](C(=O)O)[n+]1ccccc1. The lowest BCUT2D eigenvalue weighted by Gasteiger charge is -2.04. The Bertz CT molecular complexity index is 531. The van der Waals surface area contributed by atoms with Gasteiger partial charge in [0.25, 0.3) is 6.04 Å². The Morgan fingerprint density at radius 1 is 1.42 bits per heavy atom. The summed E-state index contributed by atoms with van der Waals surface area (Å²) in [6.07, 6.45) is 4.14. The van der Waals surface area contributed by atoms with Crippen molar-refractivity contribution in [1.29, 1.82) is 5.26 Å². The van der Waals surface area contributed by atoms with Crippen molar-refractivity contribution in [3.63, 3.8) is 0 Å². The zero-order valence-corrected chi connectivity index (χ0v) is 10.3. The highest BCUT2D eigenvalue weighted by Gasteiger charge is 2.27. The molecule has 1 aromatic rings. The maximum atomic E-state index is 11.4. The van der Waals surface area contributed by atoms with Crippen LogP contribution in [0.3, 0.4) is 0 Å². The lowest BCUT2D eigenvalue weighted by molar-refractivity contribution is -0.700. The monoisotopic (exact) mass is 261 g/mol. The van der Waals surface area contributed by atoms with Gasteiger partial charge in [-0.1, -0.05) is 6.07 Å². The number of hydrogen-bond acceptors (Lipinski definition) is 4. The molecule has 0 aliphatic rings. The van der Waals surface area contributed by atoms with Gasteiger partial charge in [-0.15, -0.1) is 0 Å². The highest BCUT2D eigenvalue weighted by atomic mass is 16.5. The second-order valence-electron chi connectivity index (χ2n) is 3.52. The Morgan fingerprint density at radius 2 is 2.05 bits per heavy atom. The Balaban J connectivity index is 3.11.